The van der Waals surface area contributed by atoms with E-state index >= 15 is 0 Å². The lowest BCUT2D eigenvalue weighted by molar-refractivity contribution is -0.138. The van der Waals surface area contributed by atoms with Gasteiger partial charge in [0.05, 0.1) is 12.2 Å². The van der Waals surface area contributed by atoms with Gasteiger partial charge in [0.2, 0.25) is 0 Å². The summed E-state index contributed by atoms with van der Waals surface area (Å²) in [5, 5.41) is 10.3. The number of nitrogens with one attached hydrogen (secondary N) is 2. The lowest BCUT2D eigenvalue weighted by Crippen LogP contribution is -2.30. The van der Waals surface area contributed by atoms with E-state index in [1.807, 2.05) is 41.5 Å². The summed E-state index contributed by atoms with van der Waals surface area (Å²) in [5.74, 6) is -1.03. The Morgan fingerprint density at radius 3 is 2.36 bits per heavy atom. The predicted molar refractivity (Wildman–Crippen MR) is 173 cm³/mol. The van der Waals surface area contributed by atoms with Crippen molar-refractivity contribution in [2.24, 2.45) is 0 Å². The second kappa shape index (κ2) is 14.9. The van der Waals surface area contributed by atoms with Crippen LogP contribution >= 0.6 is 0 Å². The minimum atomic E-state index is -0.425. The first-order chi connectivity index (χ1) is 21.3. The number of benzene rings is 2. The first-order valence-electron chi connectivity index (χ1n) is 15.2. The second-order valence-corrected chi connectivity index (χ2v) is 11.8. The van der Waals surface area contributed by atoms with E-state index in [4.69, 9.17) is 0 Å². The van der Waals surface area contributed by atoms with Crippen LogP contribution in [0.25, 0.3) is 5.65 Å². The Morgan fingerprint density at radius 1 is 1.02 bits per heavy atom. The number of hydrogen-bond donors (Lipinski definition) is 2. The topological polar surface area (TPSA) is 115 Å². The molecule has 45 heavy (non-hydrogen) atoms. The molecule has 1 aliphatic rings. The molecule has 1 atom stereocenters. The number of amides is 2. The summed E-state index contributed by atoms with van der Waals surface area (Å²) in [6.45, 7) is 17.9. The molecule has 240 valence electrons. The Kier molecular flexibility index (Phi) is 11.6. The van der Waals surface area contributed by atoms with Crippen LogP contribution in [0.3, 0.4) is 0 Å². The van der Waals surface area contributed by atoms with E-state index < -0.39 is 5.91 Å². The van der Waals surface area contributed by atoms with Gasteiger partial charge in [0, 0.05) is 18.2 Å². The van der Waals surface area contributed by atoms with Crippen LogP contribution in [0.2, 0.25) is 0 Å². The summed E-state index contributed by atoms with van der Waals surface area (Å²) in [4.78, 5) is 40.5. The molecule has 2 aromatic heterocycles. The molecule has 2 N–H and O–H groups in total. The minimum absolute atomic E-state index is 0.106. The average Bonchev–Trinajstić information content (AvgIpc) is 3.59. The van der Waals surface area contributed by atoms with Gasteiger partial charge in [0.25, 0.3) is 18.3 Å². The van der Waals surface area contributed by atoms with Crippen LogP contribution < -0.4 is 10.6 Å². The van der Waals surface area contributed by atoms with Crippen molar-refractivity contribution in [2.75, 3.05) is 0 Å². The van der Waals surface area contributed by atoms with Gasteiger partial charge in [0.1, 0.15) is 22.8 Å². The molecule has 9 nitrogen and oxygen atoms in total. The Balaban J connectivity index is 0.000000544. The minimum Gasteiger partial charge on any atom is -0.462 e. The second-order valence-electron chi connectivity index (χ2n) is 11.8. The molecule has 2 heterocycles. The third-order valence-electron chi connectivity index (χ3n) is 7.46. The SMILES string of the molecule is CC.CC(C)(C)OC=O.Cc1cc(CNC(=O)c2cc(C(=O)NC3CCc4c3ccc(C)c4C)n3ncc(C)c3n2)ccc1F. The summed E-state index contributed by atoms with van der Waals surface area (Å²) in [6, 6.07) is 10.2. The van der Waals surface area contributed by atoms with Crippen molar-refractivity contribution >= 4 is 23.9 Å². The van der Waals surface area contributed by atoms with Gasteiger partial charge in [-0.1, -0.05) is 38.1 Å². The van der Waals surface area contributed by atoms with E-state index in [1.165, 1.54) is 33.3 Å². The molecule has 10 heteroatoms. The number of aromatic nitrogens is 3. The number of carbonyl (C=O) groups excluding carboxylic acids is 3. The van der Waals surface area contributed by atoms with Gasteiger partial charge in [-0.2, -0.15) is 5.10 Å². The van der Waals surface area contributed by atoms with Crippen LogP contribution in [0.4, 0.5) is 4.39 Å². The fraction of sp³-hybridized carbons (Fsp3) is 0.400. The summed E-state index contributed by atoms with van der Waals surface area (Å²) in [5.41, 5.74) is 7.48. The van der Waals surface area contributed by atoms with Crippen LogP contribution in [0.1, 0.15) is 107 Å². The van der Waals surface area contributed by atoms with Crippen LogP contribution in [0, 0.1) is 33.5 Å². The van der Waals surface area contributed by atoms with E-state index in [0.717, 1.165) is 29.5 Å². The molecule has 2 amide bonds. The maximum absolute atomic E-state index is 13.6. The lowest BCUT2D eigenvalue weighted by Gasteiger charge is -2.16. The maximum atomic E-state index is 13.6. The molecule has 0 aliphatic heterocycles. The van der Waals surface area contributed by atoms with Crippen LogP contribution in [-0.4, -0.2) is 38.5 Å². The molecule has 0 bridgehead atoms. The number of hydrogen-bond acceptors (Lipinski definition) is 6. The summed E-state index contributed by atoms with van der Waals surface area (Å²) in [7, 11) is 0. The van der Waals surface area contributed by atoms with E-state index in [2.05, 4.69) is 51.4 Å². The number of halogens is 1. The highest BCUT2D eigenvalue weighted by Gasteiger charge is 2.27. The van der Waals surface area contributed by atoms with Gasteiger partial charge in [0.15, 0.2) is 5.65 Å². The fourth-order valence-corrected chi connectivity index (χ4v) is 4.96. The summed E-state index contributed by atoms with van der Waals surface area (Å²) in [6.07, 6.45) is 3.36. The number of aryl methyl sites for hydroxylation is 3. The largest absolute Gasteiger partial charge is 0.462 e. The Hall–Kier alpha value is -4.60. The zero-order chi connectivity index (χ0) is 33.5. The highest BCUT2D eigenvalue weighted by atomic mass is 19.1. The monoisotopic (exact) mass is 617 g/mol. The summed E-state index contributed by atoms with van der Waals surface area (Å²) >= 11 is 0. The van der Waals surface area contributed by atoms with Crippen LogP contribution in [0.5, 0.6) is 0 Å². The van der Waals surface area contributed by atoms with E-state index in [0.29, 0.717) is 17.7 Å². The van der Waals surface area contributed by atoms with Gasteiger partial charge >= 0.3 is 0 Å². The lowest BCUT2D eigenvalue weighted by atomic mass is 9.99. The number of ether oxygens (including phenoxy) is 1. The summed E-state index contributed by atoms with van der Waals surface area (Å²) < 4.78 is 19.6. The fourth-order valence-electron chi connectivity index (χ4n) is 4.96. The van der Waals surface area contributed by atoms with Crippen molar-refractivity contribution in [3.63, 3.8) is 0 Å². The molecule has 1 unspecified atom stereocenters. The van der Waals surface area contributed by atoms with Gasteiger partial charge < -0.3 is 15.4 Å². The molecule has 2 aromatic carbocycles. The molecular formula is C35H44FN5O4. The van der Waals surface area contributed by atoms with E-state index in [-0.39, 0.29) is 41.3 Å². The van der Waals surface area contributed by atoms with Gasteiger partial charge in [-0.15, -0.1) is 0 Å². The molecular weight excluding hydrogens is 573 g/mol. The first kappa shape index (κ1) is 34.9. The number of carbonyl (C=O) groups is 3. The molecule has 0 spiro atoms. The highest BCUT2D eigenvalue weighted by Crippen LogP contribution is 2.34. The quantitative estimate of drug-likeness (QED) is 0.241. The highest BCUT2D eigenvalue weighted by molar-refractivity contribution is 5.98. The Labute approximate surface area is 264 Å². The third-order valence-corrected chi connectivity index (χ3v) is 7.46. The number of rotatable bonds is 6. The van der Waals surface area contributed by atoms with Gasteiger partial charge in [-0.25, -0.2) is 13.9 Å². The van der Waals surface area contributed by atoms with Crippen molar-refractivity contribution in [3.8, 4) is 0 Å². The molecule has 0 saturated heterocycles. The number of nitrogens with zero attached hydrogens (tertiary/aromatic N) is 3. The molecule has 1 aliphatic carbocycles. The standard InChI is InChI=1S/C28H28FN5O2.C5H10O2.C2H6/c1-15-5-7-21-20(18(15)4)8-10-23(21)33-28(36)25-12-24(32-26-17(3)13-31-34(25)26)27(35)30-14-19-6-9-22(29)16(2)11-19;1-5(2,3)7-4-6;1-2/h5-7,9,11-13,23H,8,10,14H2,1-4H3,(H,30,35)(H,33,36);4H,1-3H3;1-2H3. The molecule has 0 saturated carbocycles. The first-order valence-corrected chi connectivity index (χ1v) is 15.2. The molecule has 0 radical (unpaired) electrons. The molecule has 4 aromatic rings. The van der Waals surface area contributed by atoms with Gasteiger partial charge in [-0.3, -0.25) is 14.4 Å². The smallest absolute Gasteiger partial charge is 0.293 e. The van der Waals surface area contributed by atoms with Crippen molar-refractivity contribution in [1.29, 1.82) is 0 Å². The molecule has 0 fully saturated rings. The van der Waals surface area contributed by atoms with Gasteiger partial charge in [-0.05, 0) is 101 Å². The average molecular weight is 618 g/mol. The Bertz CT molecular complexity index is 1690. The Morgan fingerprint density at radius 2 is 1.73 bits per heavy atom. The van der Waals surface area contributed by atoms with Crippen molar-refractivity contribution in [1.82, 2.24) is 25.2 Å². The molecule has 5 rings (SSSR count). The third kappa shape index (κ3) is 8.53. The van der Waals surface area contributed by atoms with Crippen LogP contribution in [0.15, 0.2) is 42.6 Å². The number of fused-ring (bicyclic) bond motifs is 2. The van der Waals surface area contributed by atoms with Crippen molar-refractivity contribution in [3.05, 3.63) is 98.7 Å². The maximum Gasteiger partial charge on any atom is 0.293 e. The van der Waals surface area contributed by atoms with Crippen LogP contribution in [-0.2, 0) is 22.5 Å². The van der Waals surface area contributed by atoms with E-state index in [9.17, 15) is 18.8 Å². The normalized spacial score (nSPS) is 13.5. The van der Waals surface area contributed by atoms with Crippen molar-refractivity contribution < 1.29 is 23.5 Å². The zero-order valence-electron chi connectivity index (χ0n) is 27.7. The van der Waals surface area contributed by atoms with E-state index in [1.54, 1.807) is 25.3 Å². The van der Waals surface area contributed by atoms with Crippen molar-refractivity contribution in [2.45, 2.75) is 93.3 Å². The zero-order valence-corrected chi connectivity index (χ0v) is 27.7. The predicted octanol–water partition coefficient (Wildman–Crippen LogP) is 6.43.